The number of aromatic amines is 1. The number of esters is 1. The lowest BCUT2D eigenvalue weighted by molar-refractivity contribution is -0.0152. The van der Waals surface area contributed by atoms with Crippen LogP contribution in [-0.2, 0) is 9.47 Å². The summed E-state index contributed by atoms with van der Waals surface area (Å²) in [7, 11) is 1.68. The molecule has 0 bridgehead atoms. The van der Waals surface area contributed by atoms with Crippen LogP contribution in [0.3, 0.4) is 0 Å². The van der Waals surface area contributed by atoms with Crippen molar-refractivity contribution in [2.45, 2.75) is 37.9 Å². The van der Waals surface area contributed by atoms with Gasteiger partial charge in [0.2, 0.25) is 0 Å². The maximum atomic E-state index is 11.8. The number of H-pyrrole nitrogens is 1. The lowest BCUT2D eigenvalue weighted by atomic mass is 9.95. The Morgan fingerprint density at radius 2 is 2.29 bits per heavy atom. The zero-order valence-corrected chi connectivity index (χ0v) is 9.81. The Morgan fingerprint density at radius 3 is 2.94 bits per heavy atom. The predicted octanol–water partition coefficient (Wildman–Crippen LogP) is 1.11. The Morgan fingerprint density at radius 1 is 1.53 bits per heavy atom. The third-order valence-corrected chi connectivity index (χ3v) is 3.06. The minimum atomic E-state index is -0.443. The molecule has 0 saturated heterocycles. The highest BCUT2D eigenvalue weighted by Gasteiger charge is 2.26. The van der Waals surface area contributed by atoms with Gasteiger partial charge >= 0.3 is 5.97 Å². The van der Waals surface area contributed by atoms with Crippen LogP contribution in [0.1, 0.15) is 36.2 Å². The summed E-state index contributed by atoms with van der Waals surface area (Å²) in [5.74, 6) is -0.443. The predicted molar refractivity (Wildman–Crippen MR) is 61.5 cm³/mol. The van der Waals surface area contributed by atoms with Crippen molar-refractivity contribution in [1.29, 1.82) is 0 Å². The second kappa shape index (κ2) is 5.18. The molecule has 3 N–H and O–H groups in total. The van der Waals surface area contributed by atoms with E-state index in [1.807, 2.05) is 0 Å². The summed E-state index contributed by atoms with van der Waals surface area (Å²) in [6, 6.07) is 0. The number of anilines is 1. The number of nitrogens with two attached hydrogens (primary N) is 1. The molecule has 1 aromatic heterocycles. The van der Waals surface area contributed by atoms with Crippen molar-refractivity contribution in [3.63, 3.8) is 0 Å². The van der Waals surface area contributed by atoms with Gasteiger partial charge in [0.1, 0.15) is 6.10 Å². The topological polar surface area (TPSA) is 90.2 Å². The monoisotopic (exact) mass is 239 g/mol. The summed E-state index contributed by atoms with van der Waals surface area (Å²) in [6.07, 6.45) is 5.14. The van der Waals surface area contributed by atoms with E-state index in [1.54, 1.807) is 7.11 Å². The summed E-state index contributed by atoms with van der Waals surface area (Å²) in [5, 5.41) is 6.23. The highest BCUT2D eigenvalue weighted by molar-refractivity contribution is 5.92. The highest BCUT2D eigenvalue weighted by atomic mass is 16.5. The smallest absolute Gasteiger partial charge is 0.358 e. The van der Waals surface area contributed by atoms with Gasteiger partial charge in [0.15, 0.2) is 5.69 Å². The minimum Gasteiger partial charge on any atom is -0.458 e. The van der Waals surface area contributed by atoms with Crippen molar-refractivity contribution in [1.82, 2.24) is 10.2 Å². The van der Waals surface area contributed by atoms with Crippen LogP contribution in [0, 0.1) is 0 Å². The lowest BCUT2D eigenvalue weighted by Crippen LogP contribution is -2.29. The van der Waals surface area contributed by atoms with Gasteiger partial charge in [-0.3, -0.25) is 5.10 Å². The van der Waals surface area contributed by atoms with E-state index in [0.717, 1.165) is 25.7 Å². The number of ether oxygens (including phenoxy) is 2. The number of nitrogens with zero attached hydrogens (tertiary/aromatic N) is 1. The van der Waals surface area contributed by atoms with E-state index in [-0.39, 0.29) is 17.9 Å². The van der Waals surface area contributed by atoms with Gasteiger partial charge in [0, 0.05) is 13.5 Å². The molecule has 2 atom stereocenters. The first kappa shape index (κ1) is 11.9. The zero-order chi connectivity index (χ0) is 12.3. The van der Waals surface area contributed by atoms with Crippen LogP contribution < -0.4 is 5.73 Å². The van der Waals surface area contributed by atoms with Gasteiger partial charge in [-0.25, -0.2) is 4.79 Å². The Bertz CT molecular complexity index is 391. The maximum absolute atomic E-state index is 11.8. The fraction of sp³-hybridized carbons (Fsp3) is 0.636. The number of carbonyl (C=O) groups excluding carboxylic acids is 1. The molecule has 17 heavy (non-hydrogen) atoms. The van der Waals surface area contributed by atoms with Crippen molar-refractivity contribution >= 4 is 11.7 Å². The van der Waals surface area contributed by atoms with Gasteiger partial charge in [0.25, 0.3) is 0 Å². The minimum absolute atomic E-state index is 0.0936. The van der Waals surface area contributed by atoms with E-state index >= 15 is 0 Å². The van der Waals surface area contributed by atoms with Crippen LogP contribution in [-0.4, -0.2) is 35.5 Å². The summed E-state index contributed by atoms with van der Waals surface area (Å²) >= 11 is 0. The number of aromatic nitrogens is 2. The van der Waals surface area contributed by atoms with E-state index in [0.29, 0.717) is 5.69 Å². The van der Waals surface area contributed by atoms with E-state index in [2.05, 4.69) is 10.2 Å². The van der Waals surface area contributed by atoms with Crippen molar-refractivity contribution in [3.8, 4) is 0 Å². The quantitative estimate of drug-likeness (QED) is 0.771. The molecule has 1 aromatic rings. The molecule has 2 unspecified atom stereocenters. The molecule has 1 fully saturated rings. The molecule has 0 aromatic carbocycles. The second-order valence-corrected chi connectivity index (χ2v) is 4.25. The standard InChI is InChI=1S/C11H17N3O3/c1-16-7-3-2-4-8(5-7)17-11(15)10-9(12)6-13-14-10/h6-8H,2-5,12H2,1H3,(H,13,14). The van der Waals surface area contributed by atoms with E-state index in [4.69, 9.17) is 15.2 Å². The Balaban J connectivity index is 1.93. The van der Waals surface area contributed by atoms with Gasteiger partial charge in [0.05, 0.1) is 18.0 Å². The normalized spacial score (nSPS) is 24.5. The molecule has 0 radical (unpaired) electrons. The van der Waals surface area contributed by atoms with Gasteiger partial charge in [-0.2, -0.15) is 5.10 Å². The first-order chi connectivity index (χ1) is 8.20. The molecule has 1 saturated carbocycles. The van der Waals surface area contributed by atoms with Crippen LogP contribution >= 0.6 is 0 Å². The van der Waals surface area contributed by atoms with Gasteiger partial charge in [-0.05, 0) is 19.3 Å². The van der Waals surface area contributed by atoms with Gasteiger partial charge < -0.3 is 15.2 Å². The SMILES string of the molecule is COC1CCCC(OC(=O)c2[nH]ncc2N)C1. The lowest BCUT2D eigenvalue weighted by Gasteiger charge is -2.27. The molecule has 1 heterocycles. The molecule has 0 spiro atoms. The summed E-state index contributed by atoms with van der Waals surface area (Å²) in [5.41, 5.74) is 6.12. The number of hydrogen-bond donors (Lipinski definition) is 2. The number of carbonyl (C=O) groups is 1. The molecule has 6 nitrogen and oxygen atoms in total. The largest absolute Gasteiger partial charge is 0.458 e. The van der Waals surface area contributed by atoms with Crippen molar-refractivity contribution in [3.05, 3.63) is 11.9 Å². The van der Waals surface area contributed by atoms with Crippen molar-refractivity contribution in [2.24, 2.45) is 0 Å². The first-order valence-corrected chi connectivity index (χ1v) is 5.73. The Kier molecular flexibility index (Phi) is 3.63. The van der Waals surface area contributed by atoms with Crippen LogP contribution in [0.2, 0.25) is 0 Å². The van der Waals surface area contributed by atoms with Crippen LogP contribution in [0.15, 0.2) is 6.20 Å². The summed E-state index contributed by atoms with van der Waals surface area (Å²) < 4.78 is 10.7. The third-order valence-electron chi connectivity index (χ3n) is 3.06. The van der Waals surface area contributed by atoms with Gasteiger partial charge in [-0.1, -0.05) is 0 Å². The average molecular weight is 239 g/mol. The molecule has 1 aliphatic rings. The number of nitrogens with one attached hydrogen (secondary N) is 1. The first-order valence-electron chi connectivity index (χ1n) is 5.73. The van der Waals surface area contributed by atoms with Crippen molar-refractivity contribution < 1.29 is 14.3 Å². The van der Waals surface area contributed by atoms with E-state index in [9.17, 15) is 4.79 Å². The van der Waals surface area contributed by atoms with Gasteiger partial charge in [-0.15, -0.1) is 0 Å². The summed E-state index contributed by atoms with van der Waals surface area (Å²) in [4.78, 5) is 11.8. The molecular formula is C11H17N3O3. The third kappa shape index (κ3) is 2.76. The molecule has 0 amide bonds. The van der Waals surface area contributed by atoms with Crippen LogP contribution in [0.25, 0.3) is 0 Å². The second-order valence-electron chi connectivity index (χ2n) is 4.25. The fourth-order valence-electron chi connectivity index (χ4n) is 2.09. The molecule has 0 aliphatic heterocycles. The summed E-state index contributed by atoms with van der Waals surface area (Å²) in [6.45, 7) is 0. The number of nitrogen functional groups attached to an aromatic ring is 1. The Labute approximate surface area is 99.5 Å². The maximum Gasteiger partial charge on any atom is 0.358 e. The van der Waals surface area contributed by atoms with E-state index < -0.39 is 5.97 Å². The zero-order valence-electron chi connectivity index (χ0n) is 9.81. The molecular weight excluding hydrogens is 222 g/mol. The number of hydrogen-bond acceptors (Lipinski definition) is 5. The average Bonchev–Trinajstić information content (AvgIpc) is 2.76. The molecule has 1 aliphatic carbocycles. The molecule has 6 heteroatoms. The number of methoxy groups -OCH3 is 1. The number of rotatable bonds is 3. The Hall–Kier alpha value is -1.56. The van der Waals surface area contributed by atoms with Crippen LogP contribution in [0.4, 0.5) is 5.69 Å². The molecule has 94 valence electrons. The fourth-order valence-corrected chi connectivity index (χ4v) is 2.09. The van der Waals surface area contributed by atoms with E-state index in [1.165, 1.54) is 6.20 Å². The molecule has 2 rings (SSSR count). The highest BCUT2D eigenvalue weighted by Crippen LogP contribution is 2.24. The van der Waals surface area contributed by atoms with Crippen LogP contribution in [0.5, 0.6) is 0 Å². The van der Waals surface area contributed by atoms with Crippen molar-refractivity contribution in [2.75, 3.05) is 12.8 Å².